The van der Waals surface area contributed by atoms with E-state index in [1.54, 1.807) is 11.8 Å². The van der Waals surface area contributed by atoms with Gasteiger partial charge in [0.25, 0.3) is 0 Å². The number of piperidine rings is 1. The van der Waals surface area contributed by atoms with Crippen LogP contribution >= 0.6 is 0 Å². The summed E-state index contributed by atoms with van der Waals surface area (Å²) in [6.45, 7) is 5.90. The molecule has 2 fully saturated rings. The summed E-state index contributed by atoms with van der Waals surface area (Å²) in [4.78, 5) is 27.1. The fourth-order valence-electron chi connectivity index (χ4n) is 2.61. The molecule has 19 heavy (non-hydrogen) atoms. The van der Waals surface area contributed by atoms with E-state index >= 15 is 0 Å². The summed E-state index contributed by atoms with van der Waals surface area (Å²) >= 11 is 0. The molecule has 0 aromatic rings. The molecule has 0 unspecified atom stereocenters. The number of hydrogen-bond donors (Lipinski definition) is 1. The number of ether oxygens (including phenoxy) is 1. The molecule has 0 aromatic carbocycles. The Bertz CT molecular complexity index is 323. The van der Waals surface area contributed by atoms with Gasteiger partial charge < -0.3 is 15.0 Å². The highest BCUT2D eigenvalue weighted by Crippen LogP contribution is 2.19. The summed E-state index contributed by atoms with van der Waals surface area (Å²) < 4.78 is 4.76. The van der Waals surface area contributed by atoms with Crippen LogP contribution < -0.4 is 5.32 Å². The van der Waals surface area contributed by atoms with Crippen LogP contribution in [0.1, 0.15) is 26.2 Å². The maximum atomic E-state index is 11.8. The number of carbonyl (C=O) groups is 2. The van der Waals surface area contributed by atoms with Gasteiger partial charge in [0.15, 0.2) is 0 Å². The highest BCUT2D eigenvalue weighted by atomic mass is 16.5. The smallest absolute Gasteiger partial charge is 0.325 e. The molecule has 0 spiro atoms. The lowest BCUT2D eigenvalue weighted by Gasteiger charge is -2.46. The summed E-state index contributed by atoms with van der Waals surface area (Å²) in [7, 11) is 0. The first kappa shape index (κ1) is 14.1. The fraction of sp³-hybridized carbons (Fsp3) is 0.846. The van der Waals surface area contributed by atoms with Crippen LogP contribution in [0.2, 0.25) is 0 Å². The molecule has 0 aliphatic carbocycles. The Morgan fingerprint density at radius 2 is 1.89 bits per heavy atom. The van der Waals surface area contributed by atoms with Gasteiger partial charge in [0.1, 0.15) is 6.54 Å². The quantitative estimate of drug-likeness (QED) is 0.752. The number of nitrogens with zero attached hydrogens (tertiary/aromatic N) is 2. The average Bonchev–Trinajstić information content (AvgIpc) is 2.36. The minimum Gasteiger partial charge on any atom is -0.465 e. The van der Waals surface area contributed by atoms with Gasteiger partial charge >= 0.3 is 12.0 Å². The summed E-state index contributed by atoms with van der Waals surface area (Å²) in [5, 5.41) is 2.59. The summed E-state index contributed by atoms with van der Waals surface area (Å²) in [5.74, 6) is -0.385. The van der Waals surface area contributed by atoms with Crippen molar-refractivity contribution in [1.29, 1.82) is 0 Å². The van der Waals surface area contributed by atoms with Crippen LogP contribution in [0.5, 0.6) is 0 Å². The number of urea groups is 1. The highest BCUT2D eigenvalue weighted by molar-refractivity contribution is 5.81. The van der Waals surface area contributed by atoms with E-state index in [0.29, 0.717) is 12.6 Å². The van der Waals surface area contributed by atoms with E-state index in [2.05, 4.69) is 10.2 Å². The van der Waals surface area contributed by atoms with Crippen molar-refractivity contribution in [3.05, 3.63) is 0 Å². The van der Waals surface area contributed by atoms with Gasteiger partial charge in [-0.05, 0) is 32.9 Å². The Kier molecular flexibility index (Phi) is 5.01. The highest BCUT2D eigenvalue weighted by Gasteiger charge is 2.35. The van der Waals surface area contributed by atoms with Crippen molar-refractivity contribution >= 4 is 12.0 Å². The third kappa shape index (κ3) is 3.83. The van der Waals surface area contributed by atoms with Crippen molar-refractivity contribution < 1.29 is 14.3 Å². The molecule has 2 aliphatic heterocycles. The van der Waals surface area contributed by atoms with Crippen molar-refractivity contribution in [2.75, 3.05) is 39.3 Å². The second kappa shape index (κ2) is 6.75. The Balaban J connectivity index is 1.62. The first-order valence-electron chi connectivity index (χ1n) is 7.13. The van der Waals surface area contributed by atoms with Crippen LogP contribution in [-0.2, 0) is 9.53 Å². The Labute approximate surface area is 114 Å². The molecule has 2 saturated heterocycles. The van der Waals surface area contributed by atoms with Crippen molar-refractivity contribution in [2.45, 2.75) is 32.2 Å². The van der Waals surface area contributed by atoms with Gasteiger partial charge in [0.2, 0.25) is 0 Å². The molecular formula is C13H23N3O3. The molecule has 2 aliphatic rings. The van der Waals surface area contributed by atoms with E-state index in [-0.39, 0.29) is 18.5 Å². The minimum atomic E-state index is -0.385. The van der Waals surface area contributed by atoms with Crippen LogP contribution in [0.15, 0.2) is 0 Å². The molecular weight excluding hydrogens is 246 g/mol. The second-order valence-electron chi connectivity index (χ2n) is 5.12. The van der Waals surface area contributed by atoms with Crippen molar-refractivity contribution in [1.82, 2.24) is 15.1 Å². The zero-order chi connectivity index (χ0) is 13.7. The zero-order valence-electron chi connectivity index (χ0n) is 11.6. The molecule has 6 nitrogen and oxygen atoms in total. The largest absolute Gasteiger partial charge is 0.465 e. The predicted molar refractivity (Wildman–Crippen MR) is 70.8 cm³/mol. The van der Waals surface area contributed by atoms with Crippen molar-refractivity contribution in [3.63, 3.8) is 0 Å². The summed E-state index contributed by atoms with van der Waals surface area (Å²) in [6.07, 6.45) is 3.87. The van der Waals surface area contributed by atoms with Crippen molar-refractivity contribution in [3.8, 4) is 0 Å². The van der Waals surface area contributed by atoms with Gasteiger partial charge in [0.05, 0.1) is 6.61 Å². The SMILES string of the molecule is CCOC(=O)CNC(=O)N1CC(N2CCCCC2)C1. The zero-order valence-corrected chi connectivity index (χ0v) is 11.6. The molecule has 1 N–H and O–H groups in total. The number of esters is 1. The van der Waals surface area contributed by atoms with Crippen LogP contribution in [0.25, 0.3) is 0 Å². The molecule has 6 heteroatoms. The van der Waals surface area contributed by atoms with Crippen LogP contribution in [0.3, 0.4) is 0 Å². The second-order valence-corrected chi connectivity index (χ2v) is 5.12. The number of carbonyl (C=O) groups excluding carboxylic acids is 2. The standard InChI is InChI=1S/C13H23N3O3/c1-2-19-12(17)8-14-13(18)16-9-11(10-16)15-6-4-3-5-7-15/h11H,2-10H2,1H3,(H,14,18). The monoisotopic (exact) mass is 269 g/mol. The molecule has 0 aromatic heterocycles. The van der Waals surface area contributed by atoms with Gasteiger partial charge in [-0.2, -0.15) is 0 Å². The van der Waals surface area contributed by atoms with Crippen molar-refractivity contribution in [2.24, 2.45) is 0 Å². The number of amides is 2. The maximum Gasteiger partial charge on any atom is 0.325 e. The number of rotatable bonds is 4. The number of nitrogens with one attached hydrogen (secondary N) is 1. The lowest BCUT2D eigenvalue weighted by Crippen LogP contribution is -2.63. The van der Waals surface area contributed by atoms with Crippen LogP contribution in [-0.4, -0.2) is 67.2 Å². The summed E-state index contributed by atoms with van der Waals surface area (Å²) in [6, 6.07) is 0.343. The van der Waals surface area contributed by atoms with E-state index in [4.69, 9.17) is 4.74 Å². The van der Waals surface area contributed by atoms with E-state index in [0.717, 1.165) is 26.2 Å². The molecule has 0 bridgehead atoms. The third-order valence-corrected chi connectivity index (χ3v) is 3.75. The molecule has 108 valence electrons. The van der Waals surface area contributed by atoms with E-state index in [1.807, 2.05) is 0 Å². The van der Waals surface area contributed by atoms with Gasteiger partial charge in [0, 0.05) is 19.1 Å². The third-order valence-electron chi connectivity index (χ3n) is 3.75. The van der Waals surface area contributed by atoms with Crippen LogP contribution in [0, 0.1) is 0 Å². The summed E-state index contributed by atoms with van der Waals surface area (Å²) in [5.41, 5.74) is 0. The number of likely N-dealkylation sites (tertiary alicyclic amines) is 2. The lowest BCUT2D eigenvalue weighted by atomic mass is 10.0. The lowest BCUT2D eigenvalue weighted by molar-refractivity contribution is -0.141. The van der Waals surface area contributed by atoms with E-state index in [9.17, 15) is 9.59 Å². The van der Waals surface area contributed by atoms with Gasteiger partial charge in [-0.3, -0.25) is 9.69 Å². The Morgan fingerprint density at radius 3 is 2.53 bits per heavy atom. The first-order chi connectivity index (χ1) is 9.20. The topological polar surface area (TPSA) is 61.9 Å². The molecule has 0 radical (unpaired) electrons. The van der Waals surface area contributed by atoms with Gasteiger partial charge in [-0.1, -0.05) is 6.42 Å². The fourth-order valence-corrected chi connectivity index (χ4v) is 2.61. The van der Waals surface area contributed by atoms with E-state index in [1.165, 1.54) is 19.3 Å². The number of hydrogen-bond acceptors (Lipinski definition) is 4. The maximum absolute atomic E-state index is 11.8. The molecule has 2 rings (SSSR count). The minimum absolute atomic E-state index is 0.0441. The van der Waals surface area contributed by atoms with Crippen LogP contribution in [0.4, 0.5) is 4.79 Å². The average molecular weight is 269 g/mol. The van der Waals surface area contributed by atoms with Gasteiger partial charge in [-0.15, -0.1) is 0 Å². The molecule has 2 amide bonds. The van der Waals surface area contributed by atoms with E-state index < -0.39 is 0 Å². The Morgan fingerprint density at radius 1 is 1.21 bits per heavy atom. The Hall–Kier alpha value is -1.30. The molecule has 0 saturated carbocycles. The predicted octanol–water partition coefficient (Wildman–Crippen LogP) is 0.429. The van der Waals surface area contributed by atoms with Gasteiger partial charge in [-0.25, -0.2) is 4.79 Å². The molecule has 0 atom stereocenters. The first-order valence-corrected chi connectivity index (χ1v) is 7.13. The normalized spacial score (nSPS) is 20.8. The molecule has 2 heterocycles.